The molecule has 0 heterocycles. The zero-order valence-electron chi connectivity index (χ0n) is 16.4. The molecule has 0 aliphatic rings. The highest BCUT2D eigenvalue weighted by Gasteiger charge is 2.21. The number of unbranched alkanes of at least 4 members (excludes halogenated alkanes) is 2. The molecule has 2 N–H and O–H groups in total. The number of hydrogen-bond donors (Lipinski definition) is 2. The van der Waals surface area contributed by atoms with Crippen LogP contribution in [0.5, 0.6) is 5.75 Å². The topological polar surface area (TPSA) is 84.5 Å². The number of amides is 1. The van der Waals surface area contributed by atoms with Crippen LogP contribution in [-0.2, 0) is 16.4 Å². The van der Waals surface area contributed by atoms with Gasteiger partial charge in [-0.15, -0.1) is 0 Å². The first kappa shape index (κ1) is 21.9. The molecular weight excluding hydrogens is 376 g/mol. The van der Waals surface area contributed by atoms with Gasteiger partial charge in [0.25, 0.3) is 5.91 Å². The first-order valence-corrected chi connectivity index (χ1v) is 11.0. The maximum absolute atomic E-state index is 12.8. The zero-order valence-corrected chi connectivity index (χ0v) is 17.2. The lowest BCUT2D eigenvalue weighted by Crippen LogP contribution is -2.28. The van der Waals surface area contributed by atoms with Crippen molar-refractivity contribution in [2.45, 2.75) is 37.5 Å². The maximum atomic E-state index is 12.8. The summed E-state index contributed by atoms with van der Waals surface area (Å²) in [7, 11) is -2.41. The molecule has 0 radical (unpaired) electrons. The van der Waals surface area contributed by atoms with E-state index < -0.39 is 10.0 Å². The van der Waals surface area contributed by atoms with Crippen LogP contribution in [0.25, 0.3) is 0 Å². The van der Waals surface area contributed by atoms with Crippen molar-refractivity contribution >= 4 is 15.9 Å². The second-order valence-electron chi connectivity index (χ2n) is 6.46. The Kier molecular flexibility index (Phi) is 8.47. The third-order valence-electron chi connectivity index (χ3n) is 4.33. The predicted molar refractivity (Wildman–Crippen MR) is 110 cm³/mol. The number of hydrogen-bond acceptors (Lipinski definition) is 4. The molecule has 7 heteroatoms. The van der Waals surface area contributed by atoms with Crippen molar-refractivity contribution < 1.29 is 17.9 Å². The van der Waals surface area contributed by atoms with Gasteiger partial charge in [-0.2, -0.15) is 0 Å². The molecule has 1 amide bonds. The minimum atomic E-state index is -3.81. The first-order chi connectivity index (χ1) is 13.5. The van der Waals surface area contributed by atoms with Gasteiger partial charge in [-0.1, -0.05) is 50.1 Å². The lowest BCUT2D eigenvalue weighted by atomic mass is 10.2. The van der Waals surface area contributed by atoms with Gasteiger partial charge in [0.15, 0.2) is 0 Å². The van der Waals surface area contributed by atoms with Crippen LogP contribution in [0.15, 0.2) is 53.4 Å². The predicted octanol–water partition coefficient (Wildman–Crippen LogP) is 3.14. The number of sulfonamides is 1. The number of nitrogens with one attached hydrogen (secondary N) is 2. The van der Waals surface area contributed by atoms with E-state index in [4.69, 9.17) is 4.74 Å². The van der Waals surface area contributed by atoms with Gasteiger partial charge in [-0.25, -0.2) is 13.1 Å². The molecule has 6 nitrogen and oxygen atoms in total. The van der Waals surface area contributed by atoms with E-state index in [1.165, 1.54) is 19.2 Å². The summed E-state index contributed by atoms with van der Waals surface area (Å²) in [4.78, 5) is 12.3. The summed E-state index contributed by atoms with van der Waals surface area (Å²) in [5, 5.41) is 2.82. The van der Waals surface area contributed by atoms with Gasteiger partial charge >= 0.3 is 0 Å². The third kappa shape index (κ3) is 6.35. The van der Waals surface area contributed by atoms with Crippen LogP contribution in [0.1, 0.15) is 42.1 Å². The summed E-state index contributed by atoms with van der Waals surface area (Å²) in [6.07, 6.45) is 3.56. The number of carbonyl (C=O) groups is 1. The summed E-state index contributed by atoms with van der Waals surface area (Å²) in [6, 6.07) is 14.1. The smallest absolute Gasteiger partial charge is 0.251 e. The van der Waals surface area contributed by atoms with Crippen LogP contribution >= 0.6 is 0 Å². The molecule has 0 bridgehead atoms. The van der Waals surface area contributed by atoms with E-state index in [1.807, 2.05) is 30.3 Å². The molecule has 0 spiro atoms. The highest BCUT2D eigenvalue weighted by Crippen LogP contribution is 2.25. The summed E-state index contributed by atoms with van der Waals surface area (Å²) >= 11 is 0. The number of rotatable bonds is 11. The second-order valence-corrected chi connectivity index (χ2v) is 8.20. The van der Waals surface area contributed by atoms with Crippen LogP contribution in [-0.4, -0.2) is 34.5 Å². The van der Waals surface area contributed by atoms with Crippen molar-refractivity contribution in [2.75, 3.05) is 20.2 Å². The molecule has 28 heavy (non-hydrogen) atoms. The Bertz CT molecular complexity index is 867. The molecule has 0 unspecified atom stereocenters. The number of methoxy groups -OCH3 is 1. The highest BCUT2D eigenvalue weighted by molar-refractivity contribution is 7.89. The standard InChI is InChI=1S/C21H28N2O4S/c1-3-4-8-14-22-21(24)18-11-12-19(27-2)20(16-18)28(25,26)23-15-13-17-9-6-5-7-10-17/h5-7,9-12,16,23H,3-4,8,13-15H2,1-2H3,(H,22,24). The largest absolute Gasteiger partial charge is 0.495 e. The van der Waals surface area contributed by atoms with Crippen molar-refractivity contribution in [3.05, 3.63) is 59.7 Å². The van der Waals surface area contributed by atoms with Crippen LogP contribution in [0.3, 0.4) is 0 Å². The minimum absolute atomic E-state index is 0.0377. The lowest BCUT2D eigenvalue weighted by molar-refractivity contribution is 0.0952. The summed E-state index contributed by atoms with van der Waals surface area (Å²) < 4.78 is 33.3. The van der Waals surface area contributed by atoms with E-state index in [2.05, 4.69) is 17.0 Å². The highest BCUT2D eigenvalue weighted by atomic mass is 32.2. The Morgan fingerprint density at radius 2 is 1.79 bits per heavy atom. The number of carbonyl (C=O) groups excluding carboxylic acids is 1. The molecule has 0 atom stereocenters. The summed E-state index contributed by atoms with van der Waals surface area (Å²) in [6.45, 7) is 2.91. The Labute approximate surface area is 167 Å². The quantitative estimate of drug-likeness (QED) is 0.564. The van der Waals surface area contributed by atoms with Gasteiger partial charge < -0.3 is 10.1 Å². The summed E-state index contributed by atoms with van der Waals surface area (Å²) in [5.74, 6) is -0.0887. The average molecular weight is 405 g/mol. The van der Waals surface area contributed by atoms with Crippen LogP contribution in [0, 0.1) is 0 Å². The fraction of sp³-hybridized carbons (Fsp3) is 0.381. The number of ether oxygens (including phenoxy) is 1. The van der Waals surface area contributed by atoms with E-state index in [-0.39, 0.29) is 23.1 Å². The van der Waals surface area contributed by atoms with Gasteiger partial charge in [-0.3, -0.25) is 4.79 Å². The zero-order chi connectivity index (χ0) is 20.4. The van der Waals surface area contributed by atoms with Crippen LogP contribution in [0.4, 0.5) is 0 Å². The molecule has 0 saturated heterocycles. The van der Waals surface area contributed by atoms with E-state index in [0.29, 0.717) is 18.5 Å². The van der Waals surface area contributed by atoms with Gasteiger partial charge in [0.2, 0.25) is 10.0 Å². The van der Waals surface area contributed by atoms with Gasteiger partial charge in [0, 0.05) is 18.7 Å². The van der Waals surface area contributed by atoms with E-state index in [9.17, 15) is 13.2 Å². The Morgan fingerprint density at radius 3 is 2.46 bits per heavy atom. The Balaban J connectivity index is 2.09. The van der Waals surface area contributed by atoms with Gasteiger partial charge in [0.05, 0.1) is 7.11 Å². The Morgan fingerprint density at radius 1 is 1.04 bits per heavy atom. The molecule has 2 aromatic rings. The molecule has 2 aromatic carbocycles. The molecule has 152 valence electrons. The van der Waals surface area contributed by atoms with Crippen molar-refractivity contribution in [1.29, 1.82) is 0 Å². The van der Waals surface area contributed by atoms with Gasteiger partial charge in [0.1, 0.15) is 10.6 Å². The summed E-state index contributed by atoms with van der Waals surface area (Å²) in [5.41, 5.74) is 1.33. The fourth-order valence-corrected chi connectivity index (χ4v) is 3.98. The van der Waals surface area contributed by atoms with E-state index in [0.717, 1.165) is 24.8 Å². The SMILES string of the molecule is CCCCCNC(=O)c1ccc(OC)c(S(=O)(=O)NCCc2ccccc2)c1. The van der Waals surface area contributed by atoms with Crippen LogP contribution < -0.4 is 14.8 Å². The first-order valence-electron chi connectivity index (χ1n) is 9.47. The van der Waals surface area contributed by atoms with Crippen LogP contribution in [0.2, 0.25) is 0 Å². The number of benzene rings is 2. The molecule has 0 fully saturated rings. The third-order valence-corrected chi connectivity index (χ3v) is 5.81. The molecule has 2 rings (SSSR count). The second kappa shape index (κ2) is 10.8. The van der Waals surface area contributed by atoms with Crippen molar-refractivity contribution in [3.63, 3.8) is 0 Å². The maximum Gasteiger partial charge on any atom is 0.251 e. The molecular formula is C21H28N2O4S. The van der Waals surface area contributed by atoms with Crippen molar-refractivity contribution in [3.8, 4) is 5.75 Å². The average Bonchev–Trinajstić information content (AvgIpc) is 2.71. The molecule has 0 aliphatic heterocycles. The Hall–Kier alpha value is -2.38. The van der Waals surface area contributed by atoms with Crippen molar-refractivity contribution in [2.24, 2.45) is 0 Å². The molecule has 0 aromatic heterocycles. The van der Waals surface area contributed by atoms with Gasteiger partial charge in [-0.05, 0) is 36.6 Å². The fourth-order valence-electron chi connectivity index (χ4n) is 2.76. The molecule has 0 saturated carbocycles. The van der Waals surface area contributed by atoms with E-state index >= 15 is 0 Å². The molecule has 0 aliphatic carbocycles. The van der Waals surface area contributed by atoms with Crippen molar-refractivity contribution in [1.82, 2.24) is 10.0 Å². The minimum Gasteiger partial charge on any atom is -0.495 e. The monoisotopic (exact) mass is 404 g/mol. The lowest BCUT2D eigenvalue weighted by Gasteiger charge is -2.13. The normalized spacial score (nSPS) is 11.2. The van der Waals surface area contributed by atoms with E-state index in [1.54, 1.807) is 6.07 Å².